The number of hydrogen-bond donors (Lipinski definition) is 0. The van der Waals surface area contributed by atoms with Crippen LogP contribution >= 0.6 is 0 Å². The van der Waals surface area contributed by atoms with Crippen LogP contribution in [0.2, 0.25) is 25.7 Å². The second kappa shape index (κ2) is 6.56. The highest BCUT2D eigenvalue weighted by Crippen LogP contribution is 2.31. The summed E-state index contributed by atoms with van der Waals surface area (Å²) >= 11 is 0. The van der Waals surface area contributed by atoms with Crippen molar-refractivity contribution in [3.63, 3.8) is 0 Å². The van der Waals surface area contributed by atoms with Crippen molar-refractivity contribution in [3.8, 4) is 0 Å². The summed E-state index contributed by atoms with van der Waals surface area (Å²) in [5.74, 6) is 0.715. The van der Waals surface area contributed by atoms with E-state index in [1.807, 2.05) is 0 Å². The summed E-state index contributed by atoms with van der Waals surface area (Å²) in [6.07, 6.45) is 6.02. The molecule has 0 amide bonds. The number of benzene rings is 1. The molecule has 1 aromatic carbocycles. The van der Waals surface area contributed by atoms with E-state index in [0.717, 1.165) is 0 Å². The highest BCUT2D eigenvalue weighted by Gasteiger charge is 2.23. The maximum absolute atomic E-state index is 2.47. The van der Waals surface area contributed by atoms with Crippen molar-refractivity contribution in [2.75, 3.05) is 0 Å². The zero-order valence-electron chi connectivity index (χ0n) is 13.5. The fourth-order valence-corrected chi connectivity index (χ4v) is 4.45. The zero-order chi connectivity index (χ0) is 14.5. The van der Waals surface area contributed by atoms with Crippen molar-refractivity contribution < 1.29 is 0 Å². The Morgan fingerprint density at radius 1 is 1.05 bits per heavy atom. The fourth-order valence-electron chi connectivity index (χ4n) is 2.59. The molecule has 0 radical (unpaired) electrons. The maximum atomic E-state index is 2.47. The Labute approximate surface area is 121 Å². The summed E-state index contributed by atoms with van der Waals surface area (Å²) in [5, 5.41) is 0. The minimum atomic E-state index is -1.01. The summed E-state index contributed by atoms with van der Waals surface area (Å²) in [6, 6.07) is 12.0. The Hall–Kier alpha value is -0.823. The first kappa shape index (κ1) is 16.2. The van der Waals surface area contributed by atoms with Crippen LogP contribution in [0.15, 0.2) is 36.4 Å². The van der Waals surface area contributed by atoms with E-state index in [1.54, 1.807) is 0 Å². The molecule has 0 aliphatic rings. The molecule has 0 spiro atoms. The molecule has 0 aromatic heterocycles. The summed E-state index contributed by atoms with van der Waals surface area (Å²) in [4.78, 5) is 0. The molecule has 0 aliphatic heterocycles. The van der Waals surface area contributed by atoms with Crippen LogP contribution in [0.5, 0.6) is 0 Å². The van der Waals surface area contributed by atoms with Gasteiger partial charge in [0.2, 0.25) is 0 Å². The molecule has 0 heterocycles. The Balaban J connectivity index is 2.76. The third-order valence-corrected chi connectivity index (χ3v) is 4.86. The molecule has 1 atom stereocenters. The Morgan fingerprint density at radius 3 is 2.11 bits per heavy atom. The first-order valence-electron chi connectivity index (χ1n) is 7.39. The summed E-state index contributed by atoms with van der Waals surface area (Å²) < 4.78 is 0. The summed E-state index contributed by atoms with van der Waals surface area (Å²) in [6.45, 7) is 14.5. The quantitative estimate of drug-likeness (QED) is 0.570. The molecule has 0 saturated carbocycles. The van der Waals surface area contributed by atoms with Crippen molar-refractivity contribution in [1.82, 2.24) is 0 Å². The molecule has 0 N–H and O–H groups in total. The average Bonchev–Trinajstić information content (AvgIpc) is 2.23. The van der Waals surface area contributed by atoms with E-state index in [-0.39, 0.29) is 0 Å². The molecule has 1 unspecified atom stereocenters. The molecular weight excluding hydrogens is 244 g/mol. The van der Waals surface area contributed by atoms with Gasteiger partial charge in [0, 0.05) is 8.07 Å². The van der Waals surface area contributed by atoms with Crippen molar-refractivity contribution >= 4 is 14.1 Å². The topological polar surface area (TPSA) is 0 Å². The standard InChI is InChI=1S/C18H30Si/c1-18(2,3)14-17(15-19(4,5)6)13-12-16-10-8-7-9-11-16/h7-13,17H,14-15H2,1-6H3/b13-12+. The predicted octanol–water partition coefficient (Wildman–Crippen LogP) is 6.09. The van der Waals surface area contributed by atoms with Crippen molar-refractivity contribution in [2.45, 2.75) is 52.9 Å². The van der Waals surface area contributed by atoms with Crippen LogP contribution in [0.4, 0.5) is 0 Å². The van der Waals surface area contributed by atoms with Crippen LogP contribution in [0, 0.1) is 11.3 Å². The Kier molecular flexibility index (Phi) is 5.60. The summed E-state index contributed by atoms with van der Waals surface area (Å²) in [7, 11) is -1.01. The molecule has 19 heavy (non-hydrogen) atoms. The number of allylic oxidation sites excluding steroid dienone is 1. The third kappa shape index (κ3) is 8.04. The number of hydrogen-bond acceptors (Lipinski definition) is 0. The van der Waals surface area contributed by atoms with E-state index in [4.69, 9.17) is 0 Å². The second-order valence-corrected chi connectivity index (χ2v) is 13.6. The monoisotopic (exact) mass is 274 g/mol. The highest BCUT2D eigenvalue weighted by molar-refractivity contribution is 6.76. The first-order chi connectivity index (χ1) is 8.66. The van der Waals surface area contributed by atoms with Crippen LogP contribution in [-0.4, -0.2) is 8.07 Å². The highest BCUT2D eigenvalue weighted by atomic mass is 28.3. The van der Waals surface area contributed by atoms with E-state index in [9.17, 15) is 0 Å². The largest absolute Gasteiger partial charge is 0.0811 e. The van der Waals surface area contributed by atoms with Crippen molar-refractivity contribution in [2.24, 2.45) is 11.3 Å². The average molecular weight is 275 g/mol. The normalized spacial score (nSPS) is 14.8. The first-order valence-corrected chi connectivity index (χ1v) is 11.1. The van der Waals surface area contributed by atoms with Crippen LogP contribution in [-0.2, 0) is 0 Å². The van der Waals surface area contributed by atoms with Crippen molar-refractivity contribution in [3.05, 3.63) is 42.0 Å². The van der Waals surface area contributed by atoms with Gasteiger partial charge in [0.1, 0.15) is 0 Å². The SMILES string of the molecule is CC(C)(C)CC(/C=C/c1ccccc1)C[Si](C)(C)C. The van der Waals surface area contributed by atoms with Gasteiger partial charge in [-0.1, -0.05) is 88.9 Å². The molecule has 1 heteroatoms. The van der Waals surface area contributed by atoms with E-state index in [1.165, 1.54) is 18.0 Å². The Bertz CT molecular complexity index is 374. The van der Waals surface area contributed by atoms with Gasteiger partial charge in [0.15, 0.2) is 0 Å². The predicted molar refractivity (Wildman–Crippen MR) is 91.2 cm³/mol. The molecule has 0 saturated heterocycles. The molecule has 1 rings (SSSR count). The lowest BCUT2D eigenvalue weighted by molar-refractivity contribution is 0.336. The lowest BCUT2D eigenvalue weighted by Crippen LogP contribution is -2.25. The molecule has 0 fully saturated rings. The van der Waals surface area contributed by atoms with E-state index in [0.29, 0.717) is 11.3 Å². The second-order valence-electron chi connectivity index (χ2n) is 8.06. The van der Waals surface area contributed by atoms with Gasteiger partial charge in [-0.05, 0) is 23.3 Å². The smallest absolute Gasteiger partial charge is 0.0448 e. The minimum absolute atomic E-state index is 0.408. The van der Waals surface area contributed by atoms with Gasteiger partial charge in [-0.3, -0.25) is 0 Å². The minimum Gasteiger partial charge on any atom is -0.0811 e. The lowest BCUT2D eigenvalue weighted by atomic mass is 9.85. The summed E-state index contributed by atoms with van der Waals surface area (Å²) in [5.41, 5.74) is 1.72. The van der Waals surface area contributed by atoms with E-state index >= 15 is 0 Å². The van der Waals surface area contributed by atoms with Gasteiger partial charge in [0.25, 0.3) is 0 Å². The third-order valence-electron chi connectivity index (χ3n) is 3.11. The molecule has 0 nitrogen and oxygen atoms in total. The van der Waals surface area contributed by atoms with Gasteiger partial charge in [-0.2, -0.15) is 0 Å². The number of rotatable bonds is 5. The van der Waals surface area contributed by atoms with Gasteiger partial charge in [-0.25, -0.2) is 0 Å². The molecule has 1 aromatic rings. The Morgan fingerprint density at radius 2 is 1.63 bits per heavy atom. The van der Waals surface area contributed by atoms with E-state index < -0.39 is 8.07 Å². The van der Waals surface area contributed by atoms with Crippen LogP contribution in [0.1, 0.15) is 32.8 Å². The van der Waals surface area contributed by atoms with Crippen molar-refractivity contribution in [1.29, 1.82) is 0 Å². The molecule has 106 valence electrons. The van der Waals surface area contributed by atoms with Crippen LogP contribution < -0.4 is 0 Å². The lowest BCUT2D eigenvalue weighted by Gasteiger charge is -2.28. The maximum Gasteiger partial charge on any atom is 0.0448 e. The van der Waals surface area contributed by atoms with Gasteiger partial charge < -0.3 is 0 Å². The van der Waals surface area contributed by atoms with E-state index in [2.05, 4.69) is 82.9 Å². The van der Waals surface area contributed by atoms with Crippen LogP contribution in [0.3, 0.4) is 0 Å². The fraction of sp³-hybridized carbons (Fsp3) is 0.556. The van der Waals surface area contributed by atoms with Gasteiger partial charge in [-0.15, -0.1) is 0 Å². The van der Waals surface area contributed by atoms with Crippen LogP contribution in [0.25, 0.3) is 6.08 Å². The zero-order valence-corrected chi connectivity index (χ0v) is 14.5. The molecule has 0 aliphatic carbocycles. The van der Waals surface area contributed by atoms with Gasteiger partial charge in [0.05, 0.1) is 0 Å². The molecular formula is C18H30Si. The molecule has 0 bridgehead atoms. The van der Waals surface area contributed by atoms with Gasteiger partial charge >= 0.3 is 0 Å².